The first-order valence-electron chi connectivity index (χ1n) is 15.3. The maximum Gasteiger partial charge on any atom is 0.268 e. The van der Waals surface area contributed by atoms with Crippen LogP contribution < -0.4 is 4.89 Å². The predicted molar refractivity (Wildman–Crippen MR) is 153 cm³/mol. The molecule has 0 aromatic rings. The van der Waals surface area contributed by atoms with E-state index in [1.54, 1.807) is 0 Å². The Balaban J connectivity index is 3.68. The highest BCUT2D eigenvalue weighted by Crippen LogP contribution is 2.38. The maximum absolute atomic E-state index is 12.0. The zero-order valence-electron chi connectivity index (χ0n) is 25.2. The topological polar surface area (TPSA) is 77.1 Å². The van der Waals surface area contributed by atoms with Crippen molar-refractivity contribution in [1.29, 1.82) is 0 Å². The molecule has 0 bridgehead atoms. The minimum absolute atomic E-state index is 0.0793. The lowest BCUT2D eigenvalue weighted by molar-refractivity contribution is -0.870. The molecule has 0 heterocycles. The van der Waals surface area contributed by atoms with Crippen molar-refractivity contribution in [2.75, 3.05) is 60.7 Å². The Morgan fingerprint density at radius 2 is 1.11 bits per heavy atom. The number of phosphoric ester groups is 1. The molecule has 2 unspecified atom stereocenters. The molecule has 0 N–H and O–H groups in total. The molecule has 0 rings (SSSR count). The molecule has 0 fully saturated rings. The normalized spacial score (nSPS) is 14.6. The van der Waals surface area contributed by atoms with Crippen LogP contribution in [0.15, 0.2) is 0 Å². The van der Waals surface area contributed by atoms with E-state index in [0.29, 0.717) is 30.8 Å². The van der Waals surface area contributed by atoms with Gasteiger partial charge >= 0.3 is 0 Å². The van der Waals surface area contributed by atoms with E-state index in [1.165, 1.54) is 96.3 Å². The maximum atomic E-state index is 12.0. The number of nitrogens with zero attached hydrogens (tertiary/aromatic N) is 1. The third-order valence-electron chi connectivity index (χ3n) is 6.43. The predicted octanol–water partition coefficient (Wildman–Crippen LogP) is 7.27. The lowest BCUT2D eigenvalue weighted by Gasteiger charge is -2.28. The van der Waals surface area contributed by atoms with Crippen molar-refractivity contribution in [3.8, 4) is 0 Å². The Morgan fingerprint density at radius 1 is 0.622 bits per heavy atom. The summed E-state index contributed by atoms with van der Waals surface area (Å²) in [6.45, 7) is 6.43. The number of unbranched alkanes of at least 4 members (excludes halogenated alkanes) is 15. The van der Waals surface area contributed by atoms with Crippen LogP contribution in [0.2, 0.25) is 0 Å². The Labute approximate surface area is 230 Å². The summed E-state index contributed by atoms with van der Waals surface area (Å²) in [5.41, 5.74) is 0. The molecule has 0 spiro atoms. The minimum atomic E-state index is -4.34. The molecule has 0 aromatic carbocycles. The largest absolute Gasteiger partial charge is 0.756 e. The number of phosphoric acid groups is 1. The molecule has 224 valence electrons. The Kier molecular flexibility index (Phi) is 25.0. The minimum Gasteiger partial charge on any atom is -0.756 e. The molecule has 0 radical (unpaired) electrons. The SMILES string of the molecule is CCCCCCCCCCCCCCCCCCOCC(COP(=O)([O-])OCC[N+](C)(C)C)OCCC. The van der Waals surface area contributed by atoms with Crippen LogP contribution in [0, 0.1) is 0 Å². The summed E-state index contributed by atoms with van der Waals surface area (Å²) in [5.74, 6) is 0. The number of hydrogen-bond donors (Lipinski definition) is 0. The molecular weight excluding hydrogens is 489 g/mol. The van der Waals surface area contributed by atoms with Gasteiger partial charge in [0.05, 0.1) is 34.4 Å². The molecule has 0 aliphatic rings. The van der Waals surface area contributed by atoms with Crippen LogP contribution in [0.4, 0.5) is 0 Å². The van der Waals surface area contributed by atoms with Gasteiger partial charge in [-0.1, -0.05) is 110 Å². The van der Waals surface area contributed by atoms with Crippen LogP contribution in [-0.2, 0) is 23.1 Å². The van der Waals surface area contributed by atoms with Crippen LogP contribution in [0.3, 0.4) is 0 Å². The van der Waals surface area contributed by atoms with Crippen molar-refractivity contribution < 1.29 is 32.5 Å². The standard InChI is InChI=1S/C29H62NO6P/c1-6-8-9-10-11-12-13-14-15-16-17-18-19-20-21-22-25-33-27-29(34-24-7-2)28-36-37(31,32)35-26-23-30(3,4)5/h29H,6-28H2,1-5H3. The molecule has 2 atom stereocenters. The van der Waals surface area contributed by atoms with Gasteiger partial charge in [0.1, 0.15) is 19.3 Å². The second kappa shape index (κ2) is 25.0. The second-order valence-electron chi connectivity index (χ2n) is 11.5. The highest BCUT2D eigenvalue weighted by molar-refractivity contribution is 7.45. The number of likely N-dealkylation sites (N-methyl/N-ethyl adjacent to an activating group) is 1. The first kappa shape index (κ1) is 37.0. The van der Waals surface area contributed by atoms with Crippen LogP contribution in [0.25, 0.3) is 0 Å². The van der Waals surface area contributed by atoms with Gasteiger partial charge in [-0.15, -0.1) is 0 Å². The molecule has 0 aliphatic heterocycles. The summed E-state index contributed by atoms with van der Waals surface area (Å²) in [6, 6.07) is 0. The van der Waals surface area contributed by atoms with Crippen LogP contribution >= 0.6 is 7.82 Å². The van der Waals surface area contributed by atoms with E-state index in [9.17, 15) is 9.46 Å². The molecular formula is C29H62NO6P. The van der Waals surface area contributed by atoms with Crippen molar-refractivity contribution in [3.63, 3.8) is 0 Å². The molecule has 0 amide bonds. The summed E-state index contributed by atoms with van der Waals surface area (Å²) in [5, 5.41) is 0. The lowest BCUT2D eigenvalue weighted by atomic mass is 10.0. The van der Waals surface area contributed by atoms with Gasteiger partial charge in [0.15, 0.2) is 0 Å². The summed E-state index contributed by atoms with van der Waals surface area (Å²) >= 11 is 0. The van der Waals surface area contributed by atoms with Gasteiger partial charge in [0, 0.05) is 13.2 Å². The van der Waals surface area contributed by atoms with E-state index >= 15 is 0 Å². The van der Waals surface area contributed by atoms with Crippen molar-refractivity contribution in [3.05, 3.63) is 0 Å². The zero-order valence-corrected chi connectivity index (χ0v) is 26.1. The van der Waals surface area contributed by atoms with Gasteiger partial charge in [0.2, 0.25) is 0 Å². The van der Waals surface area contributed by atoms with E-state index in [0.717, 1.165) is 12.8 Å². The van der Waals surface area contributed by atoms with Crippen molar-refractivity contribution in [2.24, 2.45) is 0 Å². The van der Waals surface area contributed by atoms with Crippen LogP contribution in [-0.4, -0.2) is 71.3 Å². The Hall–Kier alpha value is -0.0100. The van der Waals surface area contributed by atoms with Gasteiger partial charge in [-0.3, -0.25) is 4.57 Å². The van der Waals surface area contributed by atoms with Gasteiger partial charge < -0.3 is 27.9 Å². The molecule has 0 aromatic heterocycles. The molecule has 7 nitrogen and oxygen atoms in total. The smallest absolute Gasteiger partial charge is 0.268 e. The van der Waals surface area contributed by atoms with Gasteiger partial charge in [0.25, 0.3) is 7.82 Å². The van der Waals surface area contributed by atoms with Gasteiger partial charge in [-0.2, -0.15) is 0 Å². The summed E-state index contributed by atoms with van der Waals surface area (Å²) in [4.78, 5) is 12.0. The van der Waals surface area contributed by atoms with Gasteiger partial charge in [-0.05, 0) is 12.8 Å². The first-order chi connectivity index (χ1) is 17.7. The fourth-order valence-electron chi connectivity index (χ4n) is 4.03. The van der Waals surface area contributed by atoms with E-state index in [2.05, 4.69) is 6.92 Å². The van der Waals surface area contributed by atoms with Gasteiger partial charge in [-0.25, -0.2) is 0 Å². The number of hydrogen-bond acceptors (Lipinski definition) is 6. The molecule has 0 saturated heterocycles. The number of quaternary nitrogens is 1. The van der Waals surface area contributed by atoms with E-state index in [-0.39, 0.29) is 13.2 Å². The van der Waals surface area contributed by atoms with Crippen LogP contribution in [0.5, 0.6) is 0 Å². The fourth-order valence-corrected chi connectivity index (χ4v) is 4.76. The zero-order chi connectivity index (χ0) is 27.7. The van der Waals surface area contributed by atoms with E-state index in [4.69, 9.17) is 18.5 Å². The number of ether oxygens (including phenoxy) is 2. The van der Waals surface area contributed by atoms with Crippen molar-refractivity contribution in [2.45, 2.75) is 129 Å². The average molecular weight is 552 g/mol. The van der Waals surface area contributed by atoms with Crippen molar-refractivity contribution >= 4 is 7.82 Å². The highest BCUT2D eigenvalue weighted by atomic mass is 31.2. The fraction of sp³-hybridized carbons (Fsp3) is 1.00. The molecule has 0 saturated carbocycles. The van der Waals surface area contributed by atoms with E-state index in [1.807, 2.05) is 28.1 Å². The Bertz CT molecular complexity index is 529. The third-order valence-corrected chi connectivity index (χ3v) is 7.40. The quantitative estimate of drug-likeness (QED) is 0.0553. The number of rotatable bonds is 29. The van der Waals surface area contributed by atoms with E-state index < -0.39 is 13.9 Å². The third kappa shape index (κ3) is 28.8. The van der Waals surface area contributed by atoms with Crippen LogP contribution in [0.1, 0.15) is 123 Å². The first-order valence-corrected chi connectivity index (χ1v) is 16.8. The molecule has 37 heavy (non-hydrogen) atoms. The second-order valence-corrected chi connectivity index (χ2v) is 12.9. The Morgan fingerprint density at radius 3 is 1.57 bits per heavy atom. The van der Waals surface area contributed by atoms with Crippen molar-refractivity contribution in [1.82, 2.24) is 0 Å². The highest BCUT2D eigenvalue weighted by Gasteiger charge is 2.17. The average Bonchev–Trinajstić information content (AvgIpc) is 2.83. The summed E-state index contributed by atoms with van der Waals surface area (Å²) in [7, 11) is 1.59. The summed E-state index contributed by atoms with van der Waals surface area (Å²) in [6.07, 6.45) is 22.0. The molecule has 0 aliphatic carbocycles. The summed E-state index contributed by atoms with van der Waals surface area (Å²) < 4.78 is 34.1. The monoisotopic (exact) mass is 551 g/mol. The lowest BCUT2D eigenvalue weighted by Crippen LogP contribution is -2.37. The molecule has 8 heteroatoms.